The lowest BCUT2D eigenvalue weighted by molar-refractivity contribution is -0.157. The van der Waals surface area contributed by atoms with Crippen LogP contribution in [0.25, 0.3) is 0 Å². The number of thioether (sulfide) groups is 2. The maximum absolute atomic E-state index is 13.6. The van der Waals surface area contributed by atoms with Gasteiger partial charge < -0.3 is 5.32 Å². The number of nitrogens with zero attached hydrogens (tertiary/aromatic N) is 3. The third-order valence-electron chi connectivity index (χ3n) is 3.66. The van der Waals surface area contributed by atoms with Gasteiger partial charge in [0.25, 0.3) is 0 Å². The van der Waals surface area contributed by atoms with Crippen molar-refractivity contribution in [2.75, 3.05) is 22.2 Å². The molecule has 0 bridgehead atoms. The fourth-order valence-corrected chi connectivity index (χ4v) is 4.82. The minimum Gasteiger partial charge on any atom is -0.324 e. The number of aromatic nitrogens is 2. The second-order valence-corrected chi connectivity index (χ2v) is 8.67. The van der Waals surface area contributed by atoms with Crippen LogP contribution in [0.3, 0.4) is 0 Å². The van der Waals surface area contributed by atoms with E-state index in [-0.39, 0.29) is 17.1 Å². The van der Waals surface area contributed by atoms with Crippen molar-refractivity contribution >= 4 is 58.0 Å². The molecule has 2 amide bonds. The Morgan fingerprint density at radius 3 is 2.70 bits per heavy atom. The van der Waals surface area contributed by atoms with Crippen molar-refractivity contribution in [1.82, 2.24) is 10.2 Å². The minimum atomic E-state index is -4.75. The first-order chi connectivity index (χ1) is 12.8. The molecule has 0 spiro atoms. The summed E-state index contributed by atoms with van der Waals surface area (Å²) in [6.07, 6.45) is -3.78. The van der Waals surface area contributed by atoms with Gasteiger partial charge in [-0.05, 0) is 18.4 Å². The van der Waals surface area contributed by atoms with Crippen molar-refractivity contribution in [3.8, 4) is 0 Å². The van der Waals surface area contributed by atoms with E-state index in [1.54, 1.807) is 6.07 Å². The van der Waals surface area contributed by atoms with E-state index < -0.39 is 30.5 Å². The molecule has 1 N–H and O–H groups in total. The number of amides is 2. The monoisotopic (exact) mass is 434 g/mol. The zero-order valence-corrected chi connectivity index (χ0v) is 16.3. The van der Waals surface area contributed by atoms with Gasteiger partial charge in [0.05, 0.1) is 23.5 Å². The first-order valence-corrected chi connectivity index (χ1v) is 10.6. The highest BCUT2D eigenvalue weighted by Gasteiger charge is 2.48. The molecule has 3 rings (SSSR count). The lowest BCUT2D eigenvalue weighted by Gasteiger charge is -2.31. The molecule has 2 heterocycles. The lowest BCUT2D eigenvalue weighted by Crippen LogP contribution is -2.50. The van der Waals surface area contributed by atoms with Crippen molar-refractivity contribution in [3.05, 3.63) is 24.3 Å². The molecule has 1 unspecified atom stereocenters. The highest BCUT2D eigenvalue weighted by molar-refractivity contribution is 8.03. The van der Waals surface area contributed by atoms with Gasteiger partial charge in [-0.25, -0.2) is 0 Å². The fraction of sp³-hybridized carbons (Fsp3) is 0.333. The van der Waals surface area contributed by atoms with E-state index in [9.17, 15) is 22.8 Å². The second-order valence-electron chi connectivity index (χ2n) is 5.42. The average Bonchev–Trinajstić information content (AvgIpc) is 3.01. The van der Waals surface area contributed by atoms with Crippen LogP contribution in [0.1, 0.15) is 6.42 Å². The van der Waals surface area contributed by atoms with Gasteiger partial charge in [-0.1, -0.05) is 47.0 Å². The second kappa shape index (κ2) is 8.07. The number of alkyl halides is 3. The van der Waals surface area contributed by atoms with E-state index in [0.717, 1.165) is 11.8 Å². The van der Waals surface area contributed by atoms with Crippen LogP contribution < -0.4 is 10.2 Å². The van der Waals surface area contributed by atoms with Gasteiger partial charge in [-0.2, -0.15) is 13.2 Å². The molecule has 0 saturated carbocycles. The SMILES string of the molecule is CSc1nnc(SCC(=O)N2c3ccccc3NC(=O)CC2C(F)(F)F)s1. The topological polar surface area (TPSA) is 75.2 Å². The highest BCUT2D eigenvalue weighted by Crippen LogP contribution is 2.38. The average molecular weight is 434 g/mol. The maximum Gasteiger partial charge on any atom is 0.409 e. The molecule has 6 nitrogen and oxygen atoms in total. The number of rotatable bonds is 4. The normalized spacial score (nSPS) is 17.3. The third kappa shape index (κ3) is 4.55. The van der Waals surface area contributed by atoms with Gasteiger partial charge in [-0.3, -0.25) is 14.5 Å². The van der Waals surface area contributed by atoms with Crippen LogP contribution >= 0.6 is 34.9 Å². The Labute approximate surface area is 164 Å². The van der Waals surface area contributed by atoms with Gasteiger partial charge in [0.1, 0.15) is 6.04 Å². The molecule has 2 aromatic rings. The lowest BCUT2D eigenvalue weighted by atomic mass is 10.1. The Kier molecular flexibility index (Phi) is 5.96. The number of para-hydroxylation sites is 2. The number of hydrogen-bond acceptors (Lipinski definition) is 7. The van der Waals surface area contributed by atoms with Gasteiger partial charge in [0.15, 0.2) is 8.68 Å². The summed E-state index contributed by atoms with van der Waals surface area (Å²) in [4.78, 5) is 25.3. The number of hydrogen-bond donors (Lipinski definition) is 1. The molecule has 0 fully saturated rings. The van der Waals surface area contributed by atoms with Gasteiger partial charge >= 0.3 is 6.18 Å². The van der Waals surface area contributed by atoms with E-state index in [0.29, 0.717) is 13.6 Å². The Balaban J connectivity index is 1.90. The van der Waals surface area contributed by atoms with Crippen molar-refractivity contribution in [1.29, 1.82) is 0 Å². The maximum atomic E-state index is 13.6. The number of halogens is 3. The van der Waals surface area contributed by atoms with E-state index >= 15 is 0 Å². The van der Waals surface area contributed by atoms with Crippen molar-refractivity contribution < 1.29 is 22.8 Å². The number of carbonyl (C=O) groups excluding carboxylic acids is 2. The van der Waals surface area contributed by atoms with E-state index in [2.05, 4.69) is 15.5 Å². The number of carbonyl (C=O) groups is 2. The molecule has 1 atom stereocenters. The molecule has 1 aliphatic heterocycles. The summed E-state index contributed by atoms with van der Waals surface area (Å²) in [6.45, 7) is 0. The predicted molar refractivity (Wildman–Crippen MR) is 99.4 cm³/mol. The molecule has 12 heteroatoms. The molecule has 1 aliphatic rings. The van der Waals surface area contributed by atoms with Crippen LogP contribution in [0.5, 0.6) is 0 Å². The third-order valence-corrected chi connectivity index (χ3v) is 6.67. The molecule has 0 radical (unpaired) electrons. The van der Waals surface area contributed by atoms with Crippen LogP contribution in [-0.2, 0) is 9.59 Å². The number of fused-ring (bicyclic) bond motifs is 1. The number of anilines is 2. The largest absolute Gasteiger partial charge is 0.409 e. The molecule has 1 aromatic carbocycles. The summed E-state index contributed by atoms with van der Waals surface area (Å²) >= 11 is 3.67. The standard InChI is InChI=1S/C15H13F3N4O2S3/c1-25-13-20-21-14(27-13)26-7-12(24)22-9-5-3-2-4-8(9)19-11(23)6-10(22)15(16,17)18/h2-5,10H,6-7H2,1H3,(H,19,23). The molecule has 1 aromatic heterocycles. The number of nitrogens with one attached hydrogen (secondary N) is 1. The van der Waals surface area contributed by atoms with Crippen molar-refractivity contribution in [3.63, 3.8) is 0 Å². The van der Waals surface area contributed by atoms with Crippen LogP contribution in [-0.4, -0.2) is 46.2 Å². The summed E-state index contributed by atoms with van der Waals surface area (Å²) in [6, 6.07) is 3.72. The summed E-state index contributed by atoms with van der Waals surface area (Å²) in [5.41, 5.74) is 0.200. The van der Waals surface area contributed by atoms with Gasteiger partial charge in [0, 0.05) is 0 Å². The van der Waals surface area contributed by atoms with Crippen LogP contribution in [0.2, 0.25) is 0 Å². The Hall–Kier alpha value is -1.79. The first kappa shape index (κ1) is 20.0. The van der Waals surface area contributed by atoms with Crippen LogP contribution in [0.15, 0.2) is 32.9 Å². The first-order valence-electron chi connectivity index (χ1n) is 7.57. The number of benzene rings is 1. The zero-order chi connectivity index (χ0) is 19.6. The molecule has 0 aliphatic carbocycles. The zero-order valence-electron chi connectivity index (χ0n) is 13.8. The highest BCUT2D eigenvalue weighted by atomic mass is 32.2. The van der Waals surface area contributed by atoms with Crippen LogP contribution in [0.4, 0.5) is 24.5 Å². The Morgan fingerprint density at radius 1 is 1.33 bits per heavy atom. The summed E-state index contributed by atoms with van der Waals surface area (Å²) < 4.78 is 42.0. The van der Waals surface area contributed by atoms with Gasteiger partial charge in [-0.15, -0.1) is 10.2 Å². The Bertz CT molecular complexity index is 859. The predicted octanol–water partition coefficient (Wildman–Crippen LogP) is 3.66. The Morgan fingerprint density at radius 2 is 2.04 bits per heavy atom. The molecule has 0 saturated heterocycles. The van der Waals surface area contributed by atoms with Crippen molar-refractivity contribution in [2.24, 2.45) is 0 Å². The fourth-order valence-electron chi connectivity index (χ4n) is 2.53. The van der Waals surface area contributed by atoms with Crippen LogP contribution in [0, 0.1) is 0 Å². The van der Waals surface area contributed by atoms with E-state index in [4.69, 9.17) is 0 Å². The molecular weight excluding hydrogens is 421 g/mol. The quantitative estimate of drug-likeness (QED) is 0.741. The van der Waals surface area contributed by atoms with Crippen molar-refractivity contribution in [2.45, 2.75) is 27.3 Å². The molecule has 144 valence electrons. The summed E-state index contributed by atoms with van der Waals surface area (Å²) in [5, 5.41) is 10.2. The smallest absolute Gasteiger partial charge is 0.324 e. The summed E-state index contributed by atoms with van der Waals surface area (Å²) in [5.74, 6) is -1.80. The molecular formula is C15H13F3N4O2S3. The van der Waals surface area contributed by atoms with E-state index in [1.807, 2.05) is 6.26 Å². The van der Waals surface area contributed by atoms with E-state index in [1.165, 1.54) is 41.3 Å². The minimum absolute atomic E-state index is 0.0262. The summed E-state index contributed by atoms with van der Waals surface area (Å²) in [7, 11) is 0. The molecule has 27 heavy (non-hydrogen) atoms. The van der Waals surface area contributed by atoms with Gasteiger partial charge in [0.2, 0.25) is 11.8 Å².